The Hall–Kier alpha value is -3.11. The molecule has 0 aliphatic carbocycles. The van der Waals surface area contributed by atoms with E-state index in [1.165, 1.54) is 0 Å². The van der Waals surface area contributed by atoms with Gasteiger partial charge >= 0.3 is 0 Å². The van der Waals surface area contributed by atoms with Crippen LogP contribution < -0.4 is 0 Å². The van der Waals surface area contributed by atoms with E-state index in [4.69, 9.17) is 23.2 Å². The van der Waals surface area contributed by atoms with Crippen LogP contribution in [0.5, 0.6) is 0 Å². The quantitative estimate of drug-likeness (QED) is 0.234. The fraction of sp³-hybridized carbons (Fsp3) is 0.0667. The molecule has 0 radical (unpaired) electrons. The molecular weight excluding hydrogens is 495 g/mol. The molecule has 2 atom stereocenters. The highest BCUT2D eigenvalue weighted by Crippen LogP contribution is 2.37. The normalized spacial score (nSPS) is 13.8. The molecule has 0 N–H and O–H groups in total. The van der Waals surface area contributed by atoms with E-state index in [2.05, 4.69) is 0 Å². The van der Waals surface area contributed by atoms with Crippen molar-refractivity contribution in [1.82, 2.24) is 0 Å². The van der Waals surface area contributed by atoms with Crippen LogP contribution >= 0.6 is 23.2 Å². The molecule has 0 aliphatic rings. The second kappa shape index (κ2) is 11.5. The fourth-order valence-corrected chi connectivity index (χ4v) is 6.25. The molecule has 0 heterocycles. The van der Waals surface area contributed by atoms with E-state index in [1.807, 2.05) is 97.1 Å². The molecule has 0 aliphatic heterocycles. The maximum Gasteiger partial charge on any atom is 0.171 e. The number of sulfone groups is 1. The number of benzene rings is 4. The van der Waals surface area contributed by atoms with E-state index in [9.17, 15) is 8.42 Å². The lowest BCUT2D eigenvalue weighted by atomic mass is 10.1. The zero-order valence-electron chi connectivity index (χ0n) is 18.8. The molecule has 0 bridgehead atoms. The van der Waals surface area contributed by atoms with Gasteiger partial charge in [0.2, 0.25) is 0 Å². The van der Waals surface area contributed by atoms with Gasteiger partial charge in [-0.3, -0.25) is 0 Å². The highest BCUT2D eigenvalue weighted by Gasteiger charge is 2.33. The minimum Gasteiger partial charge on any atom is -0.227 e. The van der Waals surface area contributed by atoms with Gasteiger partial charge < -0.3 is 0 Å². The van der Waals surface area contributed by atoms with E-state index in [0.29, 0.717) is 21.2 Å². The molecule has 4 aromatic rings. The predicted octanol–water partition coefficient (Wildman–Crippen LogP) is 8.62. The van der Waals surface area contributed by atoms with Gasteiger partial charge in [-0.2, -0.15) is 0 Å². The zero-order valence-corrected chi connectivity index (χ0v) is 21.2. The first-order chi connectivity index (χ1) is 17.0. The van der Waals surface area contributed by atoms with Crippen LogP contribution in [0.25, 0.3) is 12.2 Å². The van der Waals surface area contributed by atoms with Gasteiger partial charge in [-0.15, -0.1) is 0 Å². The van der Waals surface area contributed by atoms with Crippen LogP contribution in [0, 0.1) is 0 Å². The van der Waals surface area contributed by atoms with Gasteiger partial charge in [0, 0.05) is 10.0 Å². The lowest BCUT2D eigenvalue weighted by Crippen LogP contribution is -2.19. The van der Waals surface area contributed by atoms with Crippen molar-refractivity contribution in [2.24, 2.45) is 0 Å². The van der Waals surface area contributed by atoms with Gasteiger partial charge in [-0.25, -0.2) is 8.42 Å². The van der Waals surface area contributed by atoms with Gasteiger partial charge in [-0.1, -0.05) is 145 Å². The Balaban J connectivity index is 1.82. The standard InChI is InChI=1S/C30H24Cl2O2S/c31-27-17-9-7-11-23(27)19-21-29(25-13-3-1-4-14-25)35(33,34)30(26-15-5-2-6-16-26)22-20-24-12-8-10-18-28(24)32/h1-22,29-30H/b21-19+,22-20+. The smallest absolute Gasteiger partial charge is 0.171 e. The van der Waals surface area contributed by atoms with Crippen LogP contribution in [0.4, 0.5) is 0 Å². The van der Waals surface area contributed by atoms with Gasteiger partial charge in [-0.05, 0) is 34.4 Å². The third kappa shape index (κ3) is 6.12. The van der Waals surface area contributed by atoms with Crippen LogP contribution in [-0.2, 0) is 9.84 Å². The first kappa shape index (κ1) is 25.0. The summed E-state index contributed by atoms with van der Waals surface area (Å²) in [5.74, 6) is 0. The van der Waals surface area contributed by atoms with Crippen LogP contribution in [-0.4, -0.2) is 8.42 Å². The molecule has 0 saturated heterocycles. The first-order valence-corrected chi connectivity index (χ1v) is 13.5. The Kier molecular flexibility index (Phi) is 8.25. The predicted molar refractivity (Wildman–Crippen MR) is 148 cm³/mol. The molecule has 4 rings (SSSR count). The molecule has 35 heavy (non-hydrogen) atoms. The number of halogens is 2. The Morgan fingerprint density at radius 2 is 0.857 bits per heavy atom. The van der Waals surface area contributed by atoms with Crippen LogP contribution in [0.1, 0.15) is 32.8 Å². The van der Waals surface area contributed by atoms with Crippen LogP contribution in [0.3, 0.4) is 0 Å². The second-order valence-electron chi connectivity index (χ2n) is 8.01. The topological polar surface area (TPSA) is 34.1 Å². The molecule has 0 aromatic heterocycles. The lowest BCUT2D eigenvalue weighted by molar-refractivity contribution is 0.584. The minimum absolute atomic E-state index is 0.561. The van der Waals surface area contributed by atoms with Crippen molar-refractivity contribution in [2.75, 3.05) is 0 Å². The zero-order chi connectivity index (χ0) is 24.7. The number of hydrogen-bond acceptors (Lipinski definition) is 2. The van der Waals surface area contributed by atoms with Crippen LogP contribution in [0.15, 0.2) is 121 Å². The number of rotatable bonds is 8. The van der Waals surface area contributed by atoms with Crippen molar-refractivity contribution in [3.8, 4) is 0 Å². The monoisotopic (exact) mass is 518 g/mol. The van der Waals surface area contributed by atoms with E-state index in [0.717, 1.165) is 11.1 Å². The maximum atomic E-state index is 14.3. The van der Waals surface area contributed by atoms with E-state index < -0.39 is 20.3 Å². The molecule has 0 spiro atoms. The molecule has 2 unspecified atom stereocenters. The third-order valence-electron chi connectivity index (χ3n) is 5.68. The molecule has 4 aromatic carbocycles. The summed E-state index contributed by atoms with van der Waals surface area (Å²) in [6.45, 7) is 0. The van der Waals surface area contributed by atoms with Crippen molar-refractivity contribution >= 4 is 45.2 Å². The fourth-order valence-electron chi connectivity index (χ4n) is 3.87. The summed E-state index contributed by atoms with van der Waals surface area (Å²) in [6.07, 6.45) is 6.98. The summed E-state index contributed by atoms with van der Waals surface area (Å²) in [6, 6.07) is 33.2. The average molecular weight is 519 g/mol. The second-order valence-corrected chi connectivity index (χ2v) is 11.0. The Morgan fingerprint density at radius 3 is 1.23 bits per heavy atom. The van der Waals surface area contributed by atoms with Gasteiger partial charge in [0.25, 0.3) is 0 Å². The van der Waals surface area contributed by atoms with Gasteiger partial charge in [0.1, 0.15) is 10.5 Å². The summed E-state index contributed by atoms with van der Waals surface area (Å²) in [5, 5.41) is -0.653. The maximum absolute atomic E-state index is 14.3. The Bertz CT molecular complexity index is 1320. The SMILES string of the molecule is O=S(=O)(C(/C=C/c1ccccc1Cl)c1ccccc1)C(/C=C/c1ccccc1Cl)c1ccccc1. The Labute approximate surface area is 217 Å². The average Bonchev–Trinajstić information content (AvgIpc) is 2.87. The van der Waals surface area contributed by atoms with Crippen molar-refractivity contribution in [3.05, 3.63) is 154 Å². The van der Waals surface area contributed by atoms with E-state index in [-0.39, 0.29) is 0 Å². The van der Waals surface area contributed by atoms with Gasteiger partial charge in [0.05, 0.1) is 0 Å². The molecular formula is C30H24Cl2O2S. The molecule has 2 nitrogen and oxygen atoms in total. The van der Waals surface area contributed by atoms with Crippen molar-refractivity contribution in [1.29, 1.82) is 0 Å². The van der Waals surface area contributed by atoms with Crippen molar-refractivity contribution in [3.63, 3.8) is 0 Å². The molecule has 176 valence electrons. The van der Waals surface area contributed by atoms with Crippen LogP contribution in [0.2, 0.25) is 10.0 Å². The summed E-state index contributed by atoms with van der Waals surface area (Å²) in [5.41, 5.74) is 2.88. The van der Waals surface area contributed by atoms with Gasteiger partial charge in [0.15, 0.2) is 9.84 Å². The molecule has 0 saturated carbocycles. The summed E-state index contributed by atoms with van der Waals surface area (Å²) in [7, 11) is -3.80. The minimum atomic E-state index is -3.80. The van der Waals surface area contributed by atoms with E-state index >= 15 is 0 Å². The first-order valence-electron chi connectivity index (χ1n) is 11.1. The van der Waals surface area contributed by atoms with E-state index in [1.54, 1.807) is 36.4 Å². The highest BCUT2D eigenvalue weighted by atomic mass is 35.5. The molecule has 5 heteroatoms. The van der Waals surface area contributed by atoms with Crippen molar-refractivity contribution < 1.29 is 8.42 Å². The number of hydrogen-bond donors (Lipinski definition) is 0. The largest absolute Gasteiger partial charge is 0.227 e. The summed E-state index contributed by atoms with van der Waals surface area (Å²) in [4.78, 5) is 0. The molecule has 0 amide bonds. The highest BCUT2D eigenvalue weighted by molar-refractivity contribution is 7.92. The third-order valence-corrected chi connectivity index (χ3v) is 8.64. The Morgan fingerprint density at radius 1 is 0.514 bits per heavy atom. The van der Waals surface area contributed by atoms with Crippen molar-refractivity contribution in [2.45, 2.75) is 10.5 Å². The summed E-state index contributed by atoms with van der Waals surface area (Å²) < 4.78 is 28.6. The molecule has 0 fully saturated rings. The lowest BCUT2D eigenvalue weighted by Gasteiger charge is -2.21. The summed E-state index contributed by atoms with van der Waals surface area (Å²) >= 11 is 12.7.